The number of hydrogen-bond acceptors (Lipinski definition) is 4. The molecule has 0 radical (unpaired) electrons. The van der Waals surface area contributed by atoms with Gasteiger partial charge < -0.3 is 19.7 Å². The molecule has 1 amide bonds. The molecule has 3 rings (SSSR count). The predicted octanol–water partition coefficient (Wildman–Crippen LogP) is 2.77. The van der Waals surface area contributed by atoms with Crippen LogP contribution in [0.15, 0.2) is 48.5 Å². The lowest BCUT2D eigenvalue weighted by molar-refractivity contribution is -0.121. The molecule has 1 unspecified atom stereocenters. The molecule has 25 heavy (non-hydrogen) atoms. The van der Waals surface area contributed by atoms with Gasteiger partial charge >= 0.3 is 0 Å². The first kappa shape index (κ1) is 17.3. The summed E-state index contributed by atoms with van der Waals surface area (Å²) in [6, 6.07) is 16.1. The Balaban J connectivity index is 1.56. The smallest absolute Gasteiger partial charge is 0.231 e. The van der Waals surface area contributed by atoms with E-state index >= 15 is 0 Å². The largest absolute Gasteiger partial charge is 0.454 e. The quantitative estimate of drug-likeness (QED) is 0.842. The van der Waals surface area contributed by atoms with Crippen molar-refractivity contribution in [3.05, 3.63) is 59.7 Å². The number of carbonyl (C=O) groups is 1. The molecule has 5 heteroatoms. The average molecular weight is 340 g/mol. The van der Waals surface area contributed by atoms with Crippen LogP contribution in [0.2, 0.25) is 0 Å². The lowest BCUT2D eigenvalue weighted by atomic mass is 10.0. The van der Waals surface area contributed by atoms with Crippen molar-refractivity contribution in [2.45, 2.75) is 18.9 Å². The maximum absolute atomic E-state index is 12.2. The number of benzene rings is 2. The van der Waals surface area contributed by atoms with E-state index in [0.717, 1.165) is 23.5 Å². The predicted molar refractivity (Wildman–Crippen MR) is 96.8 cm³/mol. The Labute approximate surface area is 148 Å². The fourth-order valence-corrected chi connectivity index (χ4v) is 2.92. The highest BCUT2D eigenvalue weighted by Crippen LogP contribution is 2.34. The molecule has 0 bridgehead atoms. The number of rotatable bonds is 7. The molecule has 1 atom stereocenters. The van der Waals surface area contributed by atoms with Gasteiger partial charge in [0.15, 0.2) is 11.5 Å². The van der Waals surface area contributed by atoms with Gasteiger partial charge in [-0.25, -0.2) is 0 Å². The van der Waals surface area contributed by atoms with Crippen molar-refractivity contribution < 1.29 is 14.3 Å². The SMILES string of the molecule is CN(C)C(CNC(=O)CCc1ccccc1)c1ccc2c(c1)OCO2. The van der Waals surface area contributed by atoms with Crippen molar-refractivity contribution in [2.75, 3.05) is 27.4 Å². The van der Waals surface area contributed by atoms with Crippen molar-refractivity contribution in [1.82, 2.24) is 10.2 Å². The highest BCUT2D eigenvalue weighted by Gasteiger charge is 2.20. The van der Waals surface area contributed by atoms with Gasteiger partial charge in [0, 0.05) is 13.0 Å². The number of likely N-dealkylation sites (N-methyl/N-ethyl adjacent to an activating group) is 1. The van der Waals surface area contributed by atoms with Crippen LogP contribution < -0.4 is 14.8 Å². The van der Waals surface area contributed by atoms with Gasteiger partial charge in [-0.3, -0.25) is 4.79 Å². The summed E-state index contributed by atoms with van der Waals surface area (Å²) in [5.41, 5.74) is 2.27. The van der Waals surface area contributed by atoms with Crippen LogP contribution in [-0.4, -0.2) is 38.2 Å². The first-order valence-corrected chi connectivity index (χ1v) is 8.50. The topological polar surface area (TPSA) is 50.8 Å². The minimum absolute atomic E-state index is 0.0662. The summed E-state index contributed by atoms with van der Waals surface area (Å²) >= 11 is 0. The molecule has 5 nitrogen and oxygen atoms in total. The number of amides is 1. The number of nitrogens with one attached hydrogen (secondary N) is 1. The normalized spacial score (nSPS) is 13.7. The number of carbonyl (C=O) groups excluding carboxylic acids is 1. The monoisotopic (exact) mass is 340 g/mol. The van der Waals surface area contributed by atoms with Gasteiger partial charge in [-0.1, -0.05) is 36.4 Å². The van der Waals surface area contributed by atoms with Crippen LogP contribution >= 0.6 is 0 Å². The minimum atomic E-state index is 0.0662. The second-order valence-electron chi connectivity index (χ2n) is 6.38. The van der Waals surface area contributed by atoms with Gasteiger partial charge in [0.2, 0.25) is 12.7 Å². The lowest BCUT2D eigenvalue weighted by Crippen LogP contribution is -2.34. The van der Waals surface area contributed by atoms with Crippen LogP contribution in [0, 0.1) is 0 Å². The zero-order valence-electron chi connectivity index (χ0n) is 14.7. The molecule has 1 aliphatic rings. The van der Waals surface area contributed by atoms with Gasteiger partial charge in [0.05, 0.1) is 6.04 Å². The van der Waals surface area contributed by atoms with Crippen LogP contribution in [0.5, 0.6) is 11.5 Å². The Kier molecular flexibility index (Phi) is 5.56. The summed E-state index contributed by atoms with van der Waals surface area (Å²) in [7, 11) is 4.01. The Hall–Kier alpha value is -2.53. The molecule has 1 aliphatic heterocycles. The highest BCUT2D eigenvalue weighted by atomic mass is 16.7. The summed E-state index contributed by atoms with van der Waals surface area (Å²) in [6.45, 7) is 0.821. The first-order chi connectivity index (χ1) is 12.1. The van der Waals surface area contributed by atoms with Crippen LogP contribution in [0.4, 0.5) is 0 Å². The first-order valence-electron chi connectivity index (χ1n) is 8.50. The average Bonchev–Trinajstić information content (AvgIpc) is 3.08. The van der Waals surface area contributed by atoms with E-state index < -0.39 is 0 Å². The van der Waals surface area contributed by atoms with Crippen molar-refractivity contribution in [2.24, 2.45) is 0 Å². The molecular formula is C20H24N2O3. The van der Waals surface area contributed by atoms with E-state index in [1.807, 2.05) is 62.6 Å². The standard InChI is InChI=1S/C20H24N2O3/c1-22(2)17(16-9-10-18-19(12-16)25-14-24-18)13-21-20(23)11-8-15-6-4-3-5-7-15/h3-7,9-10,12,17H,8,11,13-14H2,1-2H3,(H,21,23). The van der Waals surface area contributed by atoms with Crippen molar-refractivity contribution in [3.8, 4) is 11.5 Å². The van der Waals surface area contributed by atoms with Crippen molar-refractivity contribution in [1.29, 1.82) is 0 Å². The summed E-state index contributed by atoms with van der Waals surface area (Å²) in [5, 5.41) is 3.05. The van der Waals surface area contributed by atoms with Crippen molar-refractivity contribution >= 4 is 5.91 Å². The van der Waals surface area contributed by atoms with Crippen LogP contribution in [-0.2, 0) is 11.2 Å². The van der Waals surface area contributed by atoms with Gasteiger partial charge in [-0.05, 0) is 43.8 Å². The molecule has 132 valence electrons. The molecule has 1 N–H and O–H groups in total. The Bertz CT molecular complexity index is 716. The Morgan fingerprint density at radius 2 is 1.88 bits per heavy atom. The highest BCUT2D eigenvalue weighted by molar-refractivity contribution is 5.76. The summed E-state index contributed by atoms with van der Waals surface area (Å²) < 4.78 is 10.8. The summed E-state index contributed by atoms with van der Waals surface area (Å²) in [4.78, 5) is 14.3. The lowest BCUT2D eigenvalue weighted by Gasteiger charge is -2.25. The second-order valence-corrected chi connectivity index (χ2v) is 6.38. The Morgan fingerprint density at radius 1 is 1.12 bits per heavy atom. The van der Waals surface area contributed by atoms with E-state index in [-0.39, 0.29) is 18.7 Å². The molecular weight excluding hydrogens is 316 g/mol. The maximum atomic E-state index is 12.2. The van der Waals surface area contributed by atoms with Gasteiger partial charge in [0.1, 0.15) is 0 Å². The van der Waals surface area contributed by atoms with E-state index in [2.05, 4.69) is 10.2 Å². The minimum Gasteiger partial charge on any atom is -0.454 e. The molecule has 2 aromatic carbocycles. The summed E-state index contributed by atoms with van der Waals surface area (Å²) in [6.07, 6.45) is 1.24. The molecule has 1 heterocycles. The van der Waals surface area contributed by atoms with Crippen LogP contribution in [0.25, 0.3) is 0 Å². The fraction of sp³-hybridized carbons (Fsp3) is 0.350. The van der Waals surface area contributed by atoms with Gasteiger partial charge in [-0.2, -0.15) is 0 Å². The van der Waals surface area contributed by atoms with E-state index in [1.54, 1.807) is 0 Å². The molecule has 0 spiro atoms. The van der Waals surface area contributed by atoms with E-state index in [1.165, 1.54) is 5.56 Å². The molecule has 0 aromatic heterocycles. The van der Waals surface area contributed by atoms with Gasteiger partial charge in [0.25, 0.3) is 0 Å². The number of aryl methyl sites for hydroxylation is 1. The van der Waals surface area contributed by atoms with E-state index in [0.29, 0.717) is 13.0 Å². The second kappa shape index (κ2) is 8.03. The number of fused-ring (bicyclic) bond motifs is 1. The van der Waals surface area contributed by atoms with Crippen LogP contribution in [0.1, 0.15) is 23.6 Å². The number of nitrogens with zero attached hydrogens (tertiary/aromatic N) is 1. The van der Waals surface area contributed by atoms with Crippen molar-refractivity contribution in [3.63, 3.8) is 0 Å². The molecule has 0 saturated heterocycles. The third-order valence-corrected chi connectivity index (χ3v) is 4.38. The fourth-order valence-electron chi connectivity index (χ4n) is 2.92. The van der Waals surface area contributed by atoms with E-state index in [9.17, 15) is 4.79 Å². The third kappa shape index (κ3) is 4.51. The summed E-state index contributed by atoms with van der Waals surface area (Å²) in [5.74, 6) is 1.60. The molecule has 0 aliphatic carbocycles. The zero-order valence-corrected chi connectivity index (χ0v) is 14.7. The molecule has 2 aromatic rings. The Morgan fingerprint density at radius 3 is 2.64 bits per heavy atom. The number of hydrogen-bond donors (Lipinski definition) is 1. The number of ether oxygens (including phenoxy) is 2. The van der Waals surface area contributed by atoms with Crippen LogP contribution in [0.3, 0.4) is 0 Å². The third-order valence-electron chi connectivity index (χ3n) is 4.38. The van der Waals surface area contributed by atoms with E-state index in [4.69, 9.17) is 9.47 Å². The maximum Gasteiger partial charge on any atom is 0.231 e. The molecule has 0 saturated carbocycles. The molecule has 0 fully saturated rings. The zero-order chi connectivity index (χ0) is 17.6. The van der Waals surface area contributed by atoms with Gasteiger partial charge in [-0.15, -0.1) is 0 Å².